The van der Waals surface area contributed by atoms with Gasteiger partial charge in [-0.05, 0) is 65.4 Å². The first-order valence-corrected chi connectivity index (χ1v) is 6.80. The third kappa shape index (κ3) is 2.39. The van der Waals surface area contributed by atoms with Crippen LogP contribution in [-0.4, -0.2) is 5.11 Å². The number of rotatable bonds is 2. The van der Waals surface area contributed by atoms with Gasteiger partial charge in [0.2, 0.25) is 0 Å². The fraction of sp³-hybridized carbons (Fsp3) is 0.286. The summed E-state index contributed by atoms with van der Waals surface area (Å²) in [5.41, 5.74) is 5.08. The lowest BCUT2D eigenvalue weighted by Crippen LogP contribution is -2.03. The minimum absolute atomic E-state index is 0.558. The third-order valence-corrected chi connectivity index (χ3v) is 4.32. The molecule has 0 amide bonds. The van der Waals surface area contributed by atoms with E-state index in [0.717, 1.165) is 32.8 Å². The molecule has 1 aromatic carbocycles. The molecule has 2 rings (SSSR count). The second-order valence-corrected chi connectivity index (χ2v) is 5.52. The van der Waals surface area contributed by atoms with Gasteiger partial charge in [-0.25, -0.2) is 0 Å². The zero-order valence-electron chi connectivity index (χ0n) is 10.1. The Balaban J connectivity index is 2.48. The van der Waals surface area contributed by atoms with E-state index in [9.17, 15) is 5.11 Å². The maximum absolute atomic E-state index is 10.4. The first kappa shape index (κ1) is 12.6. The van der Waals surface area contributed by atoms with Gasteiger partial charge in [0.05, 0.1) is 0 Å². The van der Waals surface area contributed by atoms with Crippen LogP contribution < -0.4 is 0 Å². The molecule has 0 aliphatic heterocycles. The quantitative estimate of drug-likeness (QED) is 0.854. The van der Waals surface area contributed by atoms with Gasteiger partial charge in [0.25, 0.3) is 0 Å². The van der Waals surface area contributed by atoms with Crippen LogP contribution >= 0.6 is 22.9 Å². The van der Waals surface area contributed by atoms with E-state index in [1.165, 1.54) is 0 Å². The summed E-state index contributed by atoms with van der Waals surface area (Å²) in [4.78, 5) is 0. The molecule has 1 unspecified atom stereocenters. The Morgan fingerprint density at radius 1 is 1.00 bits per heavy atom. The van der Waals surface area contributed by atoms with E-state index in [1.807, 2.05) is 38.3 Å². The van der Waals surface area contributed by atoms with E-state index in [1.54, 1.807) is 11.3 Å². The molecule has 0 saturated heterocycles. The molecule has 2 aromatic rings. The van der Waals surface area contributed by atoms with Crippen LogP contribution in [0.3, 0.4) is 0 Å². The van der Waals surface area contributed by atoms with Crippen molar-refractivity contribution >= 4 is 22.9 Å². The zero-order valence-corrected chi connectivity index (χ0v) is 11.7. The van der Waals surface area contributed by atoms with E-state index >= 15 is 0 Å². The molecule has 0 aliphatic carbocycles. The molecule has 0 radical (unpaired) electrons. The first-order valence-electron chi connectivity index (χ1n) is 5.48. The predicted octanol–water partition coefficient (Wildman–Crippen LogP) is 4.41. The maximum atomic E-state index is 10.4. The van der Waals surface area contributed by atoms with Gasteiger partial charge in [0.15, 0.2) is 0 Å². The SMILES string of the molecule is Cc1cc(C(O)c2cscc2C)c(C)cc1Cl. The van der Waals surface area contributed by atoms with Crippen LogP contribution in [0.2, 0.25) is 5.02 Å². The predicted molar refractivity (Wildman–Crippen MR) is 74.0 cm³/mol. The third-order valence-electron chi connectivity index (χ3n) is 3.03. The van der Waals surface area contributed by atoms with Crippen LogP contribution in [0.4, 0.5) is 0 Å². The molecule has 1 aromatic heterocycles. The Kier molecular flexibility index (Phi) is 3.57. The molecular formula is C14H15ClOS. The number of halogens is 1. The molecule has 0 spiro atoms. The van der Waals surface area contributed by atoms with Crippen molar-refractivity contribution in [1.29, 1.82) is 0 Å². The number of benzene rings is 1. The monoisotopic (exact) mass is 266 g/mol. The highest BCUT2D eigenvalue weighted by Crippen LogP contribution is 2.31. The van der Waals surface area contributed by atoms with E-state index in [0.29, 0.717) is 0 Å². The smallest absolute Gasteiger partial charge is 0.105 e. The fourth-order valence-electron chi connectivity index (χ4n) is 1.92. The lowest BCUT2D eigenvalue weighted by Gasteiger charge is -2.15. The van der Waals surface area contributed by atoms with Gasteiger partial charge >= 0.3 is 0 Å². The summed E-state index contributed by atoms with van der Waals surface area (Å²) < 4.78 is 0. The lowest BCUT2D eigenvalue weighted by molar-refractivity contribution is 0.219. The van der Waals surface area contributed by atoms with Crippen molar-refractivity contribution in [1.82, 2.24) is 0 Å². The molecule has 90 valence electrons. The molecule has 0 fully saturated rings. The van der Waals surface area contributed by atoms with Crippen molar-refractivity contribution in [3.05, 3.63) is 55.7 Å². The van der Waals surface area contributed by atoms with Crippen molar-refractivity contribution in [3.8, 4) is 0 Å². The van der Waals surface area contributed by atoms with Crippen LogP contribution in [0.1, 0.15) is 33.9 Å². The van der Waals surface area contributed by atoms with Gasteiger partial charge in [0, 0.05) is 5.02 Å². The maximum Gasteiger partial charge on any atom is 0.105 e. The lowest BCUT2D eigenvalue weighted by atomic mass is 9.96. The number of hydrogen-bond donors (Lipinski definition) is 1. The molecule has 17 heavy (non-hydrogen) atoms. The Hall–Kier alpha value is -0.830. The fourth-order valence-corrected chi connectivity index (χ4v) is 3.00. The van der Waals surface area contributed by atoms with Crippen LogP contribution in [0.5, 0.6) is 0 Å². The molecule has 0 aliphatic rings. The molecular weight excluding hydrogens is 252 g/mol. The average Bonchev–Trinajstić information content (AvgIpc) is 2.69. The van der Waals surface area contributed by atoms with Crippen molar-refractivity contribution in [2.75, 3.05) is 0 Å². The largest absolute Gasteiger partial charge is 0.384 e. The van der Waals surface area contributed by atoms with Crippen LogP contribution in [0, 0.1) is 20.8 Å². The number of aliphatic hydroxyl groups excluding tert-OH is 1. The summed E-state index contributed by atoms with van der Waals surface area (Å²) in [6.45, 7) is 5.96. The highest BCUT2D eigenvalue weighted by molar-refractivity contribution is 7.08. The minimum Gasteiger partial charge on any atom is -0.384 e. The van der Waals surface area contributed by atoms with Gasteiger partial charge < -0.3 is 5.11 Å². The Morgan fingerprint density at radius 3 is 2.29 bits per heavy atom. The van der Waals surface area contributed by atoms with Crippen LogP contribution in [0.25, 0.3) is 0 Å². The minimum atomic E-state index is -0.558. The highest BCUT2D eigenvalue weighted by atomic mass is 35.5. The van der Waals surface area contributed by atoms with E-state index in [2.05, 4.69) is 5.38 Å². The van der Waals surface area contributed by atoms with Crippen molar-refractivity contribution in [3.63, 3.8) is 0 Å². The second-order valence-electron chi connectivity index (χ2n) is 4.37. The molecule has 0 bridgehead atoms. The van der Waals surface area contributed by atoms with Gasteiger partial charge in [-0.2, -0.15) is 11.3 Å². The number of thiophene rings is 1. The van der Waals surface area contributed by atoms with Crippen molar-refractivity contribution < 1.29 is 5.11 Å². The van der Waals surface area contributed by atoms with E-state index in [4.69, 9.17) is 11.6 Å². The summed E-state index contributed by atoms with van der Waals surface area (Å²) in [7, 11) is 0. The molecule has 0 saturated carbocycles. The second kappa shape index (κ2) is 4.81. The summed E-state index contributed by atoms with van der Waals surface area (Å²) in [5, 5.41) is 15.2. The molecule has 1 N–H and O–H groups in total. The number of hydrogen-bond acceptors (Lipinski definition) is 2. The molecule has 1 nitrogen and oxygen atoms in total. The Bertz CT molecular complexity index is 545. The number of aryl methyl sites for hydroxylation is 3. The Morgan fingerprint density at radius 2 is 1.71 bits per heavy atom. The zero-order chi connectivity index (χ0) is 12.6. The van der Waals surface area contributed by atoms with Crippen molar-refractivity contribution in [2.24, 2.45) is 0 Å². The summed E-state index contributed by atoms with van der Waals surface area (Å²) in [5.74, 6) is 0. The molecule has 3 heteroatoms. The van der Waals surface area contributed by atoms with E-state index in [-0.39, 0.29) is 0 Å². The topological polar surface area (TPSA) is 20.2 Å². The van der Waals surface area contributed by atoms with Gasteiger partial charge in [-0.1, -0.05) is 17.7 Å². The van der Waals surface area contributed by atoms with Gasteiger partial charge in [-0.3, -0.25) is 0 Å². The summed E-state index contributed by atoms with van der Waals surface area (Å²) >= 11 is 7.68. The highest BCUT2D eigenvalue weighted by Gasteiger charge is 2.16. The van der Waals surface area contributed by atoms with Gasteiger partial charge in [-0.15, -0.1) is 0 Å². The first-order chi connectivity index (χ1) is 8.00. The normalized spacial score (nSPS) is 12.8. The standard InChI is InChI=1S/C14H15ClOS/c1-8-5-13(15)9(2)4-11(8)14(16)12-7-17-6-10(12)3/h4-7,14,16H,1-3H3. The van der Waals surface area contributed by atoms with Crippen molar-refractivity contribution in [2.45, 2.75) is 26.9 Å². The summed E-state index contributed by atoms with van der Waals surface area (Å²) in [6.07, 6.45) is -0.558. The average molecular weight is 267 g/mol. The molecule has 1 atom stereocenters. The number of aliphatic hydroxyl groups is 1. The Labute approximate surface area is 111 Å². The summed E-state index contributed by atoms with van der Waals surface area (Å²) in [6, 6.07) is 3.89. The van der Waals surface area contributed by atoms with Crippen LogP contribution in [0.15, 0.2) is 22.9 Å². The van der Waals surface area contributed by atoms with Gasteiger partial charge in [0.1, 0.15) is 6.10 Å². The van der Waals surface area contributed by atoms with E-state index < -0.39 is 6.10 Å². The molecule has 1 heterocycles. The van der Waals surface area contributed by atoms with Crippen LogP contribution in [-0.2, 0) is 0 Å².